The Hall–Kier alpha value is -2.69. The van der Waals surface area contributed by atoms with Crippen LogP contribution in [0.5, 0.6) is 0 Å². The topological polar surface area (TPSA) is 108 Å². The van der Waals surface area contributed by atoms with Crippen LogP contribution in [0.3, 0.4) is 0 Å². The molecule has 11 heteroatoms. The third kappa shape index (κ3) is 4.19. The molecule has 2 aliphatic heterocycles. The first kappa shape index (κ1) is 21.0. The lowest BCUT2D eigenvalue weighted by Crippen LogP contribution is -2.49. The average Bonchev–Trinajstić information content (AvgIpc) is 2.74. The Kier molecular flexibility index (Phi) is 6.06. The molecule has 1 saturated heterocycles. The molecule has 0 bridgehead atoms. The second kappa shape index (κ2) is 8.36. The molecule has 0 aliphatic carbocycles. The summed E-state index contributed by atoms with van der Waals surface area (Å²) in [6.07, 6.45) is 1.84. The molecule has 8 nitrogen and oxygen atoms in total. The monoisotopic (exact) mass is 426 g/mol. The first-order valence-electron chi connectivity index (χ1n) is 9.05. The maximum Gasteiger partial charge on any atom is 0.352 e. The standard InChI is InChI=1S/C18H20F2N4O4S/c19-18(20,29(27,28)16-4-2-1-3-13(16)12-25)14-6-9-24(10-7-14)17(26)23-15-5-8-21-22-11-15/h1-4,11-12,14H,5-10H2,(H,23,26). The number of nitrogens with one attached hydrogen (secondary N) is 1. The molecule has 29 heavy (non-hydrogen) atoms. The van der Waals surface area contributed by atoms with Crippen molar-refractivity contribution in [2.24, 2.45) is 16.1 Å². The minimum absolute atomic E-state index is 0.00820. The summed E-state index contributed by atoms with van der Waals surface area (Å²) in [5.41, 5.74) is 0.285. The number of azo groups is 1. The van der Waals surface area contributed by atoms with E-state index in [2.05, 4.69) is 15.5 Å². The largest absolute Gasteiger partial charge is 0.352 e. The van der Waals surface area contributed by atoms with Gasteiger partial charge in [-0.05, 0) is 18.9 Å². The highest BCUT2D eigenvalue weighted by atomic mass is 32.2. The fourth-order valence-corrected chi connectivity index (χ4v) is 4.97. The van der Waals surface area contributed by atoms with Crippen molar-refractivity contribution < 1.29 is 26.8 Å². The highest BCUT2D eigenvalue weighted by molar-refractivity contribution is 7.92. The molecule has 1 aromatic rings. The van der Waals surface area contributed by atoms with Crippen LogP contribution in [-0.4, -0.2) is 50.5 Å². The summed E-state index contributed by atoms with van der Waals surface area (Å²) in [6, 6.07) is 4.45. The quantitative estimate of drug-likeness (QED) is 0.730. The smallest absolute Gasteiger partial charge is 0.325 e. The van der Waals surface area contributed by atoms with Gasteiger partial charge < -0.3 is 10.2 Å². The number of likely N-dealkylation sites (tertiary alicyclic amines) is 1. The average molecular weight is 426 g/mol. The molecule has 0 aromatic heterocycles. The summed E-state index contributed by atoms with van der Waals surface area (Å²) < 4.78 is 55.0. The maximum atomic E-state index is 14.9. The van der Waals surface area contributed by atoms with Gasteiger partial charge in [-0.25, -0.2) is 13.2 Å². The van der Waals surface area contributed by atoms with Crippen molar-refractivity contribution in [2.45, 2.75) is 29.4 Å². The van der Waals surface area contributed by atoms with Crippen LogP contribution in [0.4, 0.5) is 13.6 Å². The van der Waals surface area contributed by atoms with Crippen LogP contribution < -0.4 is 5.32 Å². The summed E-state index contributed by atoms with van der Waals surface area (Å²) in [4.78, 5) is 24.0. The molecule has 0 unspecified atom stereocenters. The number of carbonyl (C=O) groups is 2. The second-order valence-corrected chi connectivity index (χ2v) is 8.79. The Balaban J connectivity index is 1.69. The van der Waals surface area contributed by atoms with Crippen molar-refractivity contribution >= 4 is 22.2 Å². The molecular weight excluding hydrogens is 406 g/mol. The molecule has 156 valence electrons. The number of hydrogen-bond acceptors (Lipinski definition) is 6. The van der Waals surface area contributed by atoms with Crippen LogP contribution in [0.15, 0.2) is 51.3 Å². The van der Waals surface area contributed by atoms with E-state index in [1.807, 2.05) is 0 Å². The SMILES string of the molecule is O=Cc1ccccc1S(=O)(=O)C(F)(F)C1CCN(C(=O)NC2=CN=NCC2)CC1. The number of aldehydes is 1. The fourth-order valence-electron chi connectivity index (χ4n) is 3.32. The first-order valence-corrected chi connectivity index (χ1v) is 10.5. The number of rotatable bonds is 5. The van der Waals surface area contributed by atoms with Crippen molar-refractivity contribution in [1.82, 2.24) is 10.2 Å². The summed E-state index contributed by atoms with van der Waals surface area (Å²) >= 11 is 0. The zero-order valence-electron chi connectivity index (χ0n) is 15.4. The van der Waals surface area contributed by atoms with E-state index in [0.717, 1.165) is 6.07 Å². The van der Waals surface area contributed by atoms with Gasteiger partial charge in [0.2, 0.25) is 9.84 Å². The molecule has 1 aromatic carbocycles. The van der Waals surface area contributed by atoms with Gasteiger partial charge in [0, 0.05) is 36.7 Å². The Morgan fingerprint density at radius 3 is 2.55 bits per heavy atom. The van der Waals surface area contributed by atoms with E-state index in [9.17, 15) is 26.8 Å². The fraction of sp³-hybridized carbons (Fsp3) is 0.444. The lowest BCUT2D eigenvalue weighted by Gasteiger charge is -2.35. The number of halogens is 2. The van der Waals surface area contributed by atoms with Crippen LogP contribution in [0.2, 0.25) is 0 Å². The minimum atomic E-state index is -5.06. The number of amides is 2. The molecule has 0 saturated carbocycles. The molecule has 2 aliphatic rings. The van der Waals surface area contributed by atoms with Crippen LogP contribution in [-0.2, 0) is 9.84 Å². The second-order valence-electron chi connectivity index (χ2n) is 6.80. The molecule has 0 radical (unpaired) electrons. The first-order chi connectivity index (χ1) is 13.8. The third-order valence-electron chi connectivity index (χ3n) is 5.00. The number of sulfone groups is 1. The number of hydrogen-bond donors (Lipinski definition) is 1. The molecule has 3 rings (SSSR count). The highest BCUT2D eigenvalue weighted by Gasteiger charge is 2.53. The van der Waals surface area contributed by atoms with E-state index < -0.39 is 31.9 Å². The van der Waals surface area contributed by atoms with Crippen molar-refractivity contribution in [2.75, 3.05) is 19.6 Å². The van der Waals surface area contributed by atoms with E-state index in [1.165, 1.54) is 29.3 Å². The van der Waals surface area contributed by atoms with Crippen LogP contribution >= 0.6 is 0 Å². The Labute approximate surface area is 166 Å². The molecule has 1 N–H and O–H groups in total. The summed E-state index contributed by atoms with van der Waals surface area (Å²) in [5, 5.41) is 6.08. The van der Waals surface area contributed by atoms with E-state index in [0.29, 0.717) is 18.7 Å². The summed E-state index contributed by atoms with van der Waals surface area (Å²) in [7, 11) is -5.06. The van der Waals surface area contributed by atoms with E-state index in [1.54, 1.807) is 0 Å². The highest BCUT2D eigenvalue weighted by Crippen LogP contribution is 2.41. The van der Waals surface area contributed by atoms with Gasteiger partial charge in [-0.3, -0.25) is 4.79 Å². The Morgan fingerprint density at radius 1 is 1.24 bits per heavy atom. The van der Waals surface area contributed by atoms with E-state index in [4.69, 9.17) is 0 Å². The Morgan fingerprint density at radius 2 is 1.93 bits per heavy atom. The maximum absolute atomic E-state index is 14.9. The summed E-state index contributed by atoms with van der Waals surface area (Å²) in [6.45, 7) is 0.442. The van der Waals surface area contributed by atoms with E-state index in [-0.39, 0.29) is 37.8 Å². The van der Waals surface area contributed by atoms with Gasteiger partial charge in [0.15, 0.2) is 6.29 Å². The van der Waals surface area contributed by atoms with Gasteiger partial charge in [0.25, 0.3) is 0 Å². The number of benzene rings is 1. The van der Waals surface area contributed by atoms with Gasteiger partial charge in [0.1, 0.15) is 0 Å². The van der Waals surface area contributed by atoms with Crippen molar-refractivity contribution in [3.05, 3.63) is 41.7 Å². The summed E-state index contributed by atoms with van der Waals surface area (Å²) in [5.74, 6) is -1.46. The minimum Gasteiger partial charge on any atom is -0.325 e. The zero-order chi connectivity index (χ0) is 21.1. The molecule has 1 fully saturated rings. The van der Waals surface area contributed by atoms with Gasteiger partial charge in [0.05, 0.1) is 17.6 Å². The normalized spacial score (nSPS) is 18.3. The van der Waals surface area contributed by atoms with E-state index >= 15 is 0 Å². The number of carbonyl (C=O) groups excluding carboxylic acids is 2. The Bertz CT molecular complexity index is 954. The van der Waals surface area contributed by atoms with Crippen LogP contribution in [0.25, 0.3) is 0 Å². The van der Waals surface area contributed by atoms with Crippen LogP contribution in [0, 0.1) is 5.92 Å². The predicted octanol–water partition coefficient (Wildman–Crippen LogP) is 2.98. The van der Waals surface area contributed by atoms with Gasteiger partial charge >= 0.3 is 11.3 Å². The molecule has 0 spiro atoms. The van der Waals surface area contributed by atoms with Gasteiger partial charge in [-0.1, -0.05) is 18.2 Å². The lowest BCUT2D eigenvalue weighted by atomic mass is 9.97. The zero-order valence-corrected chi connectivity index (χ0v) is 16.2. The van der Waals surface area contributed by atoms with Crippen molar-refractivity contribution in [3.8, 4) is 0 Å². The molecule has 0 atom stereocenters. The lowest BCUT2D eigenvalue weighted by molar-refractivity contribution is -0.000193. The number of nitrogens with zero attached hydrogens (tertiary/aromatic N) is 3. The molecule has 2 amide bonds. The van der Waals surface area contributed by atoms with Crippen molar-refractivity contribution in [3.63, 3.8) is 0 Å². The molecule has 2 heterocycles. The molecular formula is C18H20F2N4O4S. The van der Waals surface area contributed by atoms with Crippen LogP contribution in [0.1, 0.15) is 29.6 Å². The third-order valence-corrected chi connectivity index (χ3v) is 7.00. The number of piperidine rings is 1. The van der Waals surface area contributed by atoms with Crippen molar-refractivity contribution in [1.29, 1.82) is 0 Å². The van der Waals surface area contributed by atoms with Gasteiger partial charge in [-0.2, -0.15) is 19.0 Å². The predicted molar refractivity (Wildman–Crippen MR) is 99.2 cm³/mol. The van der Waals surface area contributed by atoms with Gasteiger partial charge in [-0.15, -0.1) is 0 Å². The number of alkyl halides is 2. The number of urea groups is 1.